The van der Waals surface area contributed by atoms with Crippen molar-refractivity contribution in [3.8, 4) is 5.75 Å². The number of hydrogen-bond acceptors (Lipinski definition) is 2. The van der Waals surface area contributed by atoms with Crippen LogP contribution in [-0.4, -0.2) is 16.2 Å². The summed E-state index contributed by atoms with van der Waals surface area (Å²) in [6, 6.07) is 1.93. The van der Waals surface area contributed by atoms with Crippen LogP contribution in [0.4, 0.5) is 4.39 Å². The van der Waals surface area contributed by atoms with E-state index in [1.165, 1.54) is 0 Å². The summed E-state index contributed by atoms with van der Waals surface area (Å²) in [5, 5.41) is 17.3. The highest BCUT2D eigenvalue weighted by Crippen LogP contribution is 2.25. The van der Waals surface area contributed by atoms with Crippen LogP contribution < -0.4 is 0 Å². The molecule has 1 aromatic carbocycles. The van der Waals surface area contributed by atoms with Gasteiger partial charge in [0.05, 0.1) is 10.0 Å². The number of hydrogen-bond donors (Lipinski definition) is 2. The van der Waals surface area contributed by atoms with E-state index in [0.717, 1.165) is 12.1 Å². The van der Waals surface area contributed by atoms with Crippen LogP contribution in [0, 0.1) is 5.82 Å². The molecular formula is C7H4BrFO3. The summed E-state index contributed by atoms with van der Waals surface area (Å²) in [4.78, 5) is 10.4. The lowest BCUT2D eigenvalue weighted by Crippen LogP contribution is -1.96. The molecule has 12 heavy (non-hydrogen) atoms. The number of phenolic OH excluding ortho intramolecular Hbond substituents is 1. The Morgan fingerprint density at radius 3 is 2.50 bits per heavy atom. The Bertz CT molecular complexity index is 314. The van der Waals surface area contributed by atoms with Gasteiger partial charge in [0.25, 0.3) is 0 Å². The van der Waals surface area contributed by atoms with Gasteiger partial charge in [-0.2, -0.15) is 0 Å². The maximum Gasteiger partial charge on any atom is 0.335 e. The van der Waals surface area contributed by atoms with E-state index in [0.29, 0.717) is 0 Å². The third kappa shape index (κ3) is 1.55. The van der Waals surface area contributed by atoms with Gasteiger partial charge in [0.1, 0.15) is 0 Å². The van der Waals surface area contributed by atoms with E-state index in [4.69, 9.17) is 10.2 Å². The SMILES string of the molecule is O=C(O)c1cc(O)c(F)c(Br)c1. The number of phenols is 1. The molecule has 0 saturated carbocycles. The summed E-state index contributed by atoms with van der Waals surface area (Å²) in [6.45, 7) is 0. The number of carboxylic acids is 1. The minimum Gasteiger partial charge on any atom is -0.505 e. The Morgan fingerprint density at radius 1 is 1.50 bits per heavy atom. The predicted octanol–water partition coefficient (Wildman–Crippen LogP) is 1.99. The van der Waals surface area contributed by atoms with E-state index in [2.05, 4.69) is 15.9 Å². The molecule has 0 spiro atoms. The highest BCUT2D eigenvalue weighted by atomic mass is 79.9. The Balaban J connectivity index is 3.31. The van der Waals surface area contributed by atoms with Crippen molar-refractivity contribution >= 4 is 21.9 Å². The normalized spacial score (nSPS) is 9.83. The van der Waals surface area contributed by atoms with Crippen molar-refractivity contribution in [2.24, 2.45) is 0 Å². The highest BCUT2D eigenvalue weighted by Gasteiger charge is 2.11. The van der Waals surface area contributed by atoms with Crippen molar-refractivity contribution in [2.45, 2.75) is 0 Å². The maximum atomic E-state index is 12.7. The molecule has 0 unspecified atom stereocenters. The van der Waals surface area contributed by atoms with Crippen LogP contribution >= 0.6 is 15.9 Å². The number of benzene rings is 1. The molecule has 0 aromatic heterocycles. The van der Waals surface area contributed by atoms with Gasteiger partial charge < -0.3 is 10.2 Å². The van der Waals surface area contributed by atoms with Gasteiger partial charge >= 0.3 is 5.97 Å². The summed E-state index contributed by atoms with van der Waals surface area (Å²) in [6.07, 6.45) is 0. The number of aromatic carboxylic acids is 1. The standard InChI is InChI=1S/C7H4BrFO3/c8-4-1-3(7(11)12)2-5(10)6(4)9/h1-2,10H,(H,11,12). The Hall–Kier alpha value is -1.10. The van der Waals surface area contributed by atoms with Gasteiger partial charge in [0, 0.05) is 0 Å². The summed E-state index contributed by atoms with van der Waals surface area (Å²) < 4.78 is 12.6. The molecule has 0 radical (unpaired) electrons. The van der Waals surface area contributed by atoms with E-state index in [1.807, 2.05) is 0 Å². The molecule has 0 amide bonds. The van der Waals surface area contributed by atoms with Crippen LogP contribution in [0.25, 0.3) is 0 Å². The lowest BCUT2D eigenvalue weighted by molar-refractivity contribution is 0.0696. The van der Waals surface area contributed by atoms with Crippen molar-refractivity contribution in [1.29, 1.82) is 0 Å². The first kappa shape index (κ1) is 8.99. The van der Waals surface area contributed by atoms with Gasteiger partial charge in [-0.25, -0.2) is 9.18 Å². The summed E-state index contributed by atoms with van der Waals surface area (Å²) in [7, 11) is 0. The third-order valence-electron chi connectivity index (χ3n) is 1.26. The summed E-state index contributed by atoms with van der Waals surface area (Å²) >= 11 is 2.77. The van der Waals surface area contributed by atoms with E-state index in [1.54, 1.807) is 0 Å². The molecule has 0 aliphatic carbocycles. The molecule has 64 valence electrons. The van der Waals surface area contributed by atoms with Crippen molar-refractivity contribution in [1.82, 2.24) is 0 Å². The van der Waals surface area contributed by atoms with E-state index < -0.39 is 17.5 Å². The second-order valence-corrected chi connectivity index (χ2v) is 2.95. The van der Waals surface area contributed by atoms with Crippen LogP contribution in [0.2, 0.25) is 0 Å². The first-order valence-corrected chi connectivity index (χ1v) is 3.73. The van der Waals surface area contributed by atoms with Gasteiger partial charge in [0.15, 0.2) is 11.6 Å². The molecule has 0 atom stereocenters. The number of carboxylic acid groups (broad SMARTS) is 1. The lowest BCUT2D eigenvalue weighted by atomic mass is 10.2. The van der Waals surface area contributed by atoms with Gasteiger partial charge in [-0.05, 0) is 28.1 Å². The minimum atomic E-state index is -1.22. The fraction of sp³-hybridized carbons (Fsp3) is 0. The monoisotopic (exact) mass is 234 g/mol. The number of halogens is 2. The van der Waals surface area contributed by atoms with Crippen LogP contribution in [-0.2, 0) is 0 Å². The molecule has 0 heterocycles. The molecule has 2 N–H and O–H groups in total. The molecule has 0 aliphatic rings. The third-order valence-corrected chi connectivity index (χ3v) is 1.83. The average molecular weight is 235 g/mol. The number of carbonyl (C=O) groups is 1. The van der Waals surface area contributed by atoms with Crippen molar-refractivity contribution in [3.05, 3.63) is 28.0 Å². The van der Waals surface area contributed by atoms with Crippen molar-refractivity contribution in [3.63, 3.8) is 0 Å². The largest absolute Gasteiger partial charge is 0.505 e. The van der Waals surface area contributed by atoms with Crippen LogP contribution in [0.5, 0.6) is 5.75 Å². The van der Waals surface area contributed by atoms with Crippen LogP contribution in [0.3, 0.4) is 0 Å². The fourth-order valence-corrected chi connectivity index (χ4v) is 1.15. The second-order valence-electron chi connectivity index (χ2n) is 2.10. The summed E-state index contributed by atoms with van der Waals surface area (Å²) in [5.74, 6) is -2.76. The Kier molecular flexibility index (Phi) is 2.32. The van der Waals surface area contributed by atoms with Gasteiger partial charge in [-0.15, -0.1) is 0 Å². The van der Waals surface area contributed by atoms with Crippen molar-refractivity contribution < 1.29 is 19.4 Å². The van der Waals surface area contributed by atoms with Crippen LogP contribution in [0.15, 0.2) is 16.6 Å². The fourth-order valence-electron chi connectivity index (χ4n) is 0.698. The number of rotatable bonds is 1. The van der Waals surface area contributed by atoms with E-state index in [9.17, 15) is 9.18 Å². The molecule has 3 nitrogen and oxygen atoms in total. The van der Waals surface area contributed by atoms with Gasteiger partial charge in [0.2, 0.25) is 0 Å². The zero-order valence-corrected chi connectivity index (χ0v) is 7.30. The maximum absolute atomic E-state index is 12.7. The molecule has 0 aliphatic heterocycles. The zero-order chi connectivity index (χ0) is 9.30. The zero-order valence-electron chi connectivity index (χ0n) is 5.71. The Labute approximate surface area is 75.6 Å². The molecule has 5 heteroatoms. The quantitative estimate of drug-likeness (QED) is 0.782. The number of aromatic hydroxyl groups is 1. The second kappa shape index (κ2) is 3.10. The summed E-state index contributed by atoms with van der Waals surface area (Å²) in [5.41, 5.74) is -0.166. The van der Waals surface area contributed by atoms with Crippen molar-refractivity contribution in [2.75, 3.05) is 0 Å². The predicted molar refractivity (Wildman–Crippen MR) is 42.7 cm³/mol. The molecule has 1 aromatic rings. The highest BCUT2D eigenvalue weighted by molar-refractivity contribution is 9.10. The first-order valence-electron chi connectivity index (χ1n) is 2.93. The first-order chi connectivity index (χ1) is 5.52. The van der Waals surface area contributed by atoms with E-state index >= 15 is 0 Å². The smallest absolute Gasteiger partial charge is 0.335 e. The molecular weight excluding hydrogens is 231 g/mol. The molecule has 1 rings (SSSR count). The molecule has 0 saturated heterocycles. The Morgan fingerprint density at radius 2 is 2.08 bits per heavy atom. The van der Waals surface area contributed by atoms with E-state index in [-0.39, 0.29) is 10.0 Å². The topological polar surface area (TPSA) is 57.5 Å². The lowest BCUT2D eigenvalue weighted by Gasteiger charge is -1.99. The molecule has 0 bridgehead atoms. The van der Waals surface area contributed by atoms with Crippen LogP contribution in [0.1, 0.15) is 10.4 Å². The molecule has 0 fully saturated rings. The van der Waals surface area contributed by atoms with Gasteiger partial charge in [-0.1, -0.05) is 0 Å². The minimum absolute atomic E-state index is 0.0695. The average Bonchev–Trinajstić information content (AvgIpc) is 1.99. The van der Waals surface area contributed by atoms with Gasteiger partial charge in [-0.3, -0.25) is 0 Å².